The Morgan fingerprint density at radius 2 is 2.13 bits per heavy atom. The fourth-order valence-electron chi connectivity index (χ4n) is 2.52. The van der Waals surface area contributed by atoms with E-state index in [-0.39, 0.29) is 6.10 Å². The number of likely N-dealkylation sites (N-methyl/N-ethyl adjacent to an activating group) is 1. The SMILES string of the molecule is CC(O)C1CC(NCC2CC2)CN(C)C1. The Balaban J connectivity index is 1.77. The molecular weight excluding hydrogens is 188 g/mol. The molecule has 88 valence electrons. The zero-order valence-corrected chi connectivity index (χ0v) is 9.95. The number of hydrogen-bond donors (Lipinski definition) is 2. The summed E-state index contributed by atoms with van der Waals surface area (Å²) < 4.78 is 0. The van der Waals surface area contributed by atoms with Crippen molar-refractivity contribution in [3.8, 4) is 0 Å². The molecule has 2 rings (SSSR count). The van der Waals surface area contributed by atoms with Crippen molar-refractivity contribution in [1.29, 1.82) is 0 Å². The zero-order chi connectivity index (χ0) is 10.8. The molecule has 1 aliphatic heterocycles. The van der Waals surface area contributed by atoms with E-state index in [2.05, 4.69) is 17.3 Å². The fourth-order valence-corrected chi connectivity index (χ4v) is 2.52. The second kappa shape index (κ2) is 4.81. The fraction of sp³-hybridized carbons (Fsp3) is 1.00. The van der Waals surface area contributed by atoms with Gasteiger partial charge >= 0.3 is 0 Å². The Hall–Kier alpha value is -0.120. The first-order chi connectivity index (χ1) is 7.15. The Bertz CT molecular complexity index is 204. The maximum Gasteiger partial charge on any atom is 0.0553 e. The van der Waals surface area contributed by atoms with Gasteiger partial charge in [-0.1, -0.05) is 0 Å². The van der Waals surface area contributed by atoms with Gasteiger partial charge in [0.05, 0.1) is 6.10 Å². The van der Waals surface area contributed by atoms with Gasteiger partial charge in [0.2, 0.25) is 0 Å². The molecule has 3 atom stereocenters. The van der Waals surface area contributed by atoms with Crippen LogP contribution in [0.1, 0.15) is 26.2 Å². The summed E-state index contributed by atoms with van der Waals surface area (Å²) in [6.07, 6.45) is 3.79. The molecule has 1 heterocycles. The van der Waals surface area contributed by atoms with E-state index in [9.17, 15) is 5.11 Å². The summed E-state index contributed by atoms with van der Waals surface area (Å²) in [6.45, 7) is 5.28. The average molecular weight is 212 g/mol. The lowest BCUT2D eigenvalue weighted by atomic mass is 9.90. The van der Waals surface area contributed by atoms with Crippen LogP contribution in [0.4, 0.5) is 0 Å². The number of nitrogens with zero attached hydrogens (tertiary/aromatic N) is 1. The quantitative estimate of drug-likeness (QED) is 0.719. The van der Waals surface area contributed by atoms with Crippen LogP contribution in [-0.2, 0) is 0 Å². The third-order valence-corrected chi connectivity index (χ3v) is 3.74. The topological polar surface area (TPSA) is 35.5 Å². The molecule has 0 aromatic heterocycles. The summed E-state index contributed by atoms with van der Waals surface area (Å²) in [6, 6.07) is 0.587. The van der Waals surface area contributed by atoms with E-state index in [0.717, 1.165) is 25.4 Å². The van der Waals surface area contributed by atoms with Crippen LogP contribution < -0.4 is 5.32 Å². The number of likely N-dealkylation sites (tertiary alicyclic amines) is 1. The van der Waals surface area contributed by atoms with E-state index >= 15 is 0 Å². The highest BCUT2D eigenvalue weighted by Crippen LogP contribution is 2.28. The van der Waals surface area contributed by atoms with Gasteiger partial charge < -0.3 is 15.3 Å². The van der Waals surface area contributed by atoms with E-state index in [0.29, 0.717) is 12.0 Å². The molecule has 2 N–H and O–H groups in total. The van der Waals surface area contributed by atoms with Crippen molar-refractivity contribution in [2.45, 2.75) is 38.3 Å². The number of aliphatic hydroxyl groups excluding tert-OH is 1. The molecule has 1 saturated heterocycles. The summed E-state index contributed by atoms with van der Waals surface area (Å²) in [7, 11) is 2.15. The van der Waals surface area contributed by atoms with Crippen molar-refractivity contribution >= 4 is 0 Å². The number of aliphatic hydroxyl groups is 1. The van der Waals surface area contributed by atoms with E-state index in [1.807, 2.05) is 6.92 Å². The van der Waals surface area contributed by atoms with E-state index in [1.54, 1.807) is 0 Å². The van der Waals surface area contributed by atoms with Crippen molar-refractivity contribution in [3.63, 3.8) is 0 Å². The lowest BCUT2D eigenvalue weighted by Gasteiger charge is -2.37. The van der Waals surface area contributed by atoms with Gasteiger partial charge in [-0.2, -0.15) is 0 Å². The Kier molecular flexibility index (Phi) is 3.65. The second-order valence-corrected chi connectivity index (χ2v) is 5.51. The lowest BCUT2D eigenvalue weighted by molar-refractivity contribution is 0.0582. The van der Waals surface area contributed by atoms with Crippen LogP contribution in [0.5, 0.6) is 0 Å². The number of hydrogen-bond acceptors (Lipinski definition) is 3. The van der Waals surface area contributed by atoms with Crippen molar-refractivity contribution in [2.75, 3.05) is 26.7 Å². The summed E-state index contributed by atoms with van der Waals surface area (Å²) in [5.74, 6) is 1.39. The molecule has 2 fully saturated rings. The van der Waals surface area contributed by atoms with Crippen molar-refractivity contribution in [1.82, 2.24) is 10.2 Å². The van der Waals surface area contributed by atoms with E-state index in [4.69, 9.17) is 0 Å². The van der Waals surface area contributed by atoms with E-state index < -0.39 is 0 Å². The number of rotatable bonds is 4. The van der Waals surface area contributed by atoms with Gasteiger partial charge in [0.25, 0.3) is 0 Å². The molecule has 15 heavy (non-hydrogen) atoms. The van der Waals surface area contributed by atoms with Gasteiger partial charge in [0, 0.05) is 19.1 Å². The predicted octanol–water partition coefficient (Wildman–Crippen LogP) is 0.687. The molecule has 3 heteroatoms. The monoisotopic (exact) mass is 212 g/mol. The van der Waals surface area contributed by atoms with Gasteiger partial charge in [-0.15, -0.1) is 0 Å². The smallest absolute Gasteiger partial charge is 0.0553 e. The van der Waals surface area contributed by atoms with Crippen molar-refractivity contribution < 1.29 is 5.11 Å². The Morgan fingerprint density at radius 1 is 1.40 bits per heavy atom. The summed E-state index contributed by atoms with van der Waals surface area (Å²) in [4.78, 5) is 2.34. The third kappa shape index (κ3) is 3.44. The third-order valence-electron chi connectivity index (χ3n) is 3.74. The van der Waals surface area contributed by atoms with Gasteiger partial charge in [-0.3, -0.25) is 0 Å². The summed E-state index contributed by atoms with van der Waals surface area (Å²) >= 11 is 0. The highest BCUT2D eigenvalue weighted by atomic mass is 16.3. The van der Waals surface area contributed by atoms with Crippen LogP contribution in [0, 0.1) is 11.8 Å². The minimum Gasteiger partial charge on any atom is -0.393 e. The zero-order valence-electron chi connectivity index (χ0n) is 9.95. The highest BCUT2D eigenvalue weighted by Gasteiger charge is 2.29. The highest BCUT2D eigenvalue weighted by molar-refractivity contribution is 4.86. The second-order valence-electron chi connectivity index (χ2n) is 5.51. The molecule has 3 unspecified atom stereocenters. The molecule has 0 spiro atoms. The van der Waals surface area contributed by atoms with Crippen LogP contribution in [0.3, 0.4) is 0 Å². The summed E-state index contributed by atoms with van der Waals surface area (Å²) in [5.41, 5.74) is 0. The van der Waals surface area contributed by atoms with Crippen LogP contribution in [0.2, 0.25) is 0 Å². The molecule has 0 amide bonds. The molecule has 0 bridgehead atoms. The first-order valence-corrected chi connectivity index (χ1v) is 6.25. The van der Waals surface area contributed by atoms with Crippen LogP contribution in [0.25, 0.3) is 0 Å². The van der Waals surface area contributed by atoms with Crippen LogP contribution in [-0.4, -0.2) is 48.8 Å². The molecule has 0 aromatic carbocycles. The van der Waals surface area contributed by atoms with Crippen molar-refractivity contribution in [3.05, 3.63) is 0 Å². The number of piperidine rings is 1. The van der Waals surface area contributed by atoms with Gasteiger partial charge in [-0.05, 0) is 51.6 Å². The summed E-state index contributed by atoms with van der Waals surface area (Å²) in [5, 5.41) is 13.3. The molecular formula is C12H24N2O. The largest absolute Gasteiger partial charge is 0.393 e. The molecule has 0 radical (unpaired) electrons. The molecule has 0 aromatic rings. The molecule has 1 aliphatic carbocycles. The first kappa shape index (κ1) is 11.4. The average Bonchev–Trinajstić information content (AvgIpc) is 2.97. The van der Waals surface area contributed by atoms with Crippen molar-refractivity contribution in [2.24, 2.45) is 11.8 Å². The van der Waals surface area contributed by atoms with Gasteiger partial charge in [0.15, 0.2) is 0 Å². The normalized spacial score (nSPS) is 35.4. The molecule has 1 saturated carbocycles. The van der Waals surface area contributed by atoms with Crippen LogP contribution >= 0.6 is 0 Å². The van der Waals surface area contributed by atoms with Crippen LogP contribution in [0.15, 0.2) is 0 Å². The molecule has 2 aliphatic rings. The maximum atomic E-state index is 9.65. The van der Waals surface area contributed by atoms with Gasteiger partial charge in [-0.25, -0.2) is 0 Å². The standard InChI is InChI=1S/C12H24N2O/c1-9(15)11-5-12(8-14(2)7-11)13-6-10-3-4-10/h9-13,15H,3-8H2,1-2H3. The minimum absolute atomic E-state index is 0.169. The van der Waals surface area contributed by atoms with E-state index in [1.165, 1.54) is 19.4 Å². The molecule has 3 nitrogen and oxygen atoms in total. The first-order valence-electron chi connectivity index (χ1n) is 6.25. The Morgan fingerprint density at radius 3 is 2.73 bits per heavy atom. The van der Waals surface area contributed by atoms with Gasteiger partial charge in [0.1, 0.15) is 0 Å². The lowest BCUT2D eigenvalue weighted by Crippen LogP contribution is -2.50. The number of nitrogens with one attached hydrogen (secondary N) is 1. The Labute approximate surface area is 92.8 Å². The maximum absolute atomic E-state index is 9.65. The minimum atomic E-state index is -0.169. The predicted molar refractivity (Wildman–Crippen MR) is 61.8 cm³/mol.